The number of nitrogens with one attached hydrogen (secondary N) is 1. The highest BCUT2D eigenvalue weighted by atomic mass is 16.5. The van der Waals surface area contributed by atoms with E-state index >= 15 is 0 Å². The van der Waals surface area contributed by atoms with Crippen molar-refractivity contribution in [1.29, 1.82) is 0 Å². The summed E-state index contributed by atoms with van der Waals surface area (Å²) in [5.41, 5.74) is 0.969. The Balaban J connectivity index is 1.81. The predicted molar refractivity (Wildman–Crippen MR) is 108 cm³/mol. The summed E-state index contributed by atoms with van der Waals surface area (Å²) in [5, 5.41) is 2.65. The van der Waals surface area contributed by atoms with E-state index in [1.54, 1.807) is 48.5 Å². The van der Waals surface area contributed by atoms with Crippen LogP contribution in [-0.2, 0) is 14.3 Å². The molecule has 0 spiro atoms. The second-order valence-electron chi connectivity index (χ2n) is 6.20. The maximum atomic E-state index is 12.2. The molecule has 29 heavy (non-hydrogen) atoms. The fourth-order valence-electron chi connectivity index (χ4n) is 2.56. The number of anilines is 1. The SMILES string of the molecule is CCOc1ccc(C(=O)CCC(=O)O[C@@H](C)C(=O)Nc2ccccc2OC)cc1. The van der Waals surface area contributed by atoms with Crippen LogP contribution in [0.5, 0.6) is 11.5 Å². The summed E-state index contributed by atoms with van der Waals surface area (Å²) in [4.78, 5) is 36.5. The molecule has 0 aliphatic heterocycles. The number of Topliss-reactive ketones (excluding diaryl/α,β-unsaturated/α-hetero) is 1. The minimum Gasteiger partial charge on any atom is -0.495 e. The molecule has 1 N–H and O–H groups in total. The van der Waals surface area contributed by atoms with Crippen molar-refractivity contribution in [3.05, 3.63) is 54.1 Å². The summed E-state index contributed by atoms with van der Waals surface area (Å²) >= 11 is 0. The molecule has 7 nitrogen and oxygen atoms in total. The zero-order valence-electron chi connectivity index (χ0n) is 16.8. The number of benzene rings is 2. The summed E-state index contributed by atoms with van der Waals surface area (Å²) in [6, 6.07) is 13.6. The van der Waals surface area contributed by atoms with Crippen LogP contribution >= 0.6 is 0 Å². The van der Waals surface area contributed by atoms with Gasteiger partial charge >= 0.3 is 5.97 Å². The van der Waals surface area contributed by atoms with Crippen LogP contribution < -0.4 is 14.8 Å². The Bertz CT molecular complexity index is 847. The van der Waals surface area contributed by atoms with Gasteiger partial charge in [0.1, 0.15) is 11.5 Å². The van der Waals surface area contributed by atoms with E-state index in [1.165, 1.54) is 14.0 Å². The first-order chi connectivity index (χ1) is 13.9. The van der Waals surface area contributed by atoms with E-state index in [1.807, 2.05) is 6.92 Å². The number of carbonyl (C=O) groups is 3. The maximum absolute atomic E-state index is 12.2. The van der Waals surface area contributed by atoms with Gasteiger partial charge in [-0.3, -0.25) is 14.4 Å². The van der Waals surface area contributed by atoms with Crippen molar-refractivity contribution in [2.45, 2.75) is 32.8 Å². The second-order valence-corrected chi connectivity index (χ2v) is 6.20. The summed E-state index contributed by atoms with van der Waals surface area (Å²) < 4.78 is 15.6. The average molecular weight is 399 g/mol. The molecule has 0 bridgehead atoms. The molecule has 2 aromatic rings. The van der Waals surface area contributed by atoms with E-state index in [9.17, 15) is 14.4 Å². The summed E-state index contributed by atoms with van der Waals surface area (Å²) in [6.45, 7) is 3.89. The Morgan fingerprint density at radius 2 is 1.69 bits per heavy atom. The molecule has 7 heteroatoms. The highest BCUT2D eigenvalue weighted by Crippen LogP contribution is 2.23. The van der Waals surface area contributed by atoms with Gasteiger partial charge in [0.05, 0.1) is 25.8 Å². The minimum atomic E-state index is -1.01. The standard InChI is InChI=1S/C22H25NO6/c1-4-28-17-11-9-16(10-12-17)19(24)13-14-21(25)29-15(2)22(26)23-18-7-5-6-8-20(18)27-3/h5-12,15H,4,13-14H2,1-3H3,(H,23,26)/t15-/m0/s1. The van der Waals surface area contributed by atoms with Gasteiger partial charge in [-0.1, -0.05) is 12.1 Å². The van der Waals surface area contributed by atoms with Crippen molar-refractivity contribution in [2.75, 3.05) is 19.0 Å². The number of hydrogen-bond acceptors (Lipinski definition) is 6. The van der Waals surface area contributed by atoms with Crippen molar-refractivity contribution in [2.24, 2.45) is 0 Å². The molecule has 0 unspecified atom stereocenters. The number of esters is 1. The topological polar surface area (TPSA) is 90.9 Å². The smallest absolute Gasteiger partial charge is 0.307 e. The zero-order chi connectivity index (χ0) is 21.2. The molecule has 0 aromatic heterocycles. The lowest BCUT2D eigenvalue weighted by atomic mass is 10.1. The molecular formula is C22H25NO6. The number of para-hydroxylation sites is 2. The first-order valence-corrected chi connectivity index (χ1v) is 9.34. The van der Waals surface area contributed by atoms with Crippen LogP contribution in [0.1, 0.15) is 37.0 Å². The summed E-state index contributed by atoms with van der Waals surface area (Å²) in [7, 11) is 1.50. The van der Waals surface area contributed by atoms with Crippen LogP contribution in [0.25, 0.3) is 0 Å². The number of ether oxygens (including phenoxy) is 3. The Hall–Kier alpha value is -3.35. The Kier molecular flexibility index (Phi) is 8.21. The van der Waals surface area contributed by atoms with Crippen LogP contribution in [0.15, 0.2) is 48.5 Å². The van der Waals surface area contributed by atoms with E-state index in [0.717, 1.165) is 0 Å². The van der Waals surface area contributed by atoms with Gasteiger partial charge in [0.25, 0.3) is 5.91 Å². The third-order valence-electron chi connectivity index (χ3n) is 4.09. The van der Waals surface area contributed by atoms with E-state index < -0.39 is 18.0 Å². The Morgan fingerprint density at radius 3 is 2.34 bits per heavy atom. The molecule has 0 saturated heterocycles. The van der Waals surface area contributed by atoms with Crippen molar-refractivity contribution >= 4 is 23.3 Å². The predicted octanol–water partition coefficient (Wildman–Crippen LogP) is 3.63. The highest BCUT2D eigenvalue weighted by molar-refractivity contribution is 5.98. The van der Waals surface area contributed by atoms with Crippen LogP contribution in [0.4, 0.5) is 5.69 Å². The van der Waals surface area contributed by atoms with Crippen molar-refractivity contribution in [3.63, 3.8) is 0 Å². The zero-order valence-corrected chi connectivity index (χ0v) is 16.8. The van der Waals surface area contributed by atoms with Crippen molar-refractivity contribution < 1.29 is 28.6 Å². The van der Waals surface area contributed by atoms with E-state index in [0.29, 0.717) is 29.4 Å². The largest absolute Gasteiger partial charge is 0.495 e. The average Bonchev–Trinajstić information content (AvgIpc) is 2.73. The minimum absolute atomic E-state index is 0.00629. The molecule has 0 radical (unpaired) electrons. The van der Waals surface area contributed by atoms with Gasteiger partial charge in [-0.25, -0.2) is 0 Å². The van der Waals surface area contributed by atoms with E-state index in [2.05, 4.69) is 5.32 Å². The molecule has 0 aliphatic rings. The van der Waals surface area contributed by atoms with Gasteiger partial charge in [-0.05, 0) is 50.2 Å². The Morgan fingerprint density at radius 1 is 1.00 bits per heavy atom. The molecule has 1 atom stereocenters. The summed E-state index contributed by atoms with van der Waals surface area (Å²) in [5.74, 6) is -0.109. The monoisotopic (exact) mass is 399 g/mol. The second kappa shape index (κ2) is 10.8. The molecule has 0 heterocycles. The lowest BCUT2D eigenvalue weighted by Crippen LogP contribution is -2.30. The molecule has 2 aromatic carbocycles. The molecule has 1 amide bonds. The van der Waals surface area contributed by atoms with Gasteiger partial charge in [0, 0.05) is 12.0 Å². The first-order valence-electron chi connectivity index (χ1n) is 9.34. The fourth-order valence-corrected chi connectivity index (χ4v) is 2.56. The first kappa shape index (κ1) is 21.9. The Labute approximate surface area is 170 Å². The van der Waals surface area contributed by atoms with Gasteiger partial charge in [-0.15, -0.1) is 0 Å². The lowest BCUT2D eigenvalue weighted by molar-refractivity contribution is -0.153. The number of carbonyl (C=O) groups excluding carboxylic acids is 3. The molecule has 0 fully saturated rings. The van der Waals surface area contributed by atoms with Gasteiger partial charge in [0.15, 0.2) is 11.9 Å². The van der Waals surface area contributed by atoms with Crippen molar-refractivity contribution in [3.8, 4) is 11.5 Å². The maximum Gasteiger partial charge on any atom is 0.307 e. The third-order valence-corrected chi connectivity index (χ3v) is 4.09. The third kappa shape index (κ3) is 6.64. The quantitative estimate of drug-likeness (QED) is 0.485. The fraction of sp³-hybridized carbons (Fsp3) is 0.318. The molecular weight excluding hydrogens is 374 g/mol. The molecule has 0 aliphatic carbocycles. The number of hydrogen-bond donors (Lipinski definition) is 1. The normalized spacial score (nSPS) is 11.3. The molecule has 154 valence electrons. The van der Waals surface area contributed by atoms with Crippen LogP contribution in [0.3, 0.4) is 0 Å². The van der Waals surface area contributed by atoms with Gasteiger partial charge in [0.2, 0.25) is 0 Å². The van der Waals surface area contributed by atoms with Gasteiger partial charge in [-0.2, -0.15) is 0 Å². The highest BCUT2D eigenvalue weighted by Gasteiger charge is 2.20. The molecule has 0 saturated carbocycles. The van der Waals surface area contributed by atoms with Crippen LogP contribution in [0.2, 0.25) is 0 Å². The van der Waals surface area contributed by atoms with Gasteiger partial charge < -0.3 is 19.5 Å². The number of amides is 1. The number of ketones is 1. The van der Waals surface area contributed by atoms with E-state index in [-0.39, 0.29) is 18.6 Å². The lowest BCUT2D eigenvalue weighted by Gasteiger charge is -2.15. The number of rotatable bonds is 10. The summed E-state index contributed by atoms with van der Waals surface area (Å²) in [6.07, 6.45) is -1.13. The van der Waals surface area contributed by atoms with E-state index in [4.69, 9.17) is 14.2 Å². The van der Waals surface area contributed by atoms with Crippen LogP contribution in [-0.4, -0.2) is 37.5 Å². The van der Waals surface area contributed by atoms with Crippen LogP contribution in [0, 0.1) is 0 Å². The number of methoxy groups -OCH3 is 1. The molecule has 2 rings (SSSR count). The van der Waals surface area contributed by atoms with Crippen molar-refractivity contribution in [1.82, 2.24) is 0 Å².